The first kappa shape index (κ1) is 19.8. The Morgan fingerprint density at radius 3 is 2.14 bits per heavy atom. The SMILES string of the molecule is CCOc1ccc(C)cc1C1=N[C@H](c2ccc(Cl)cc2)[C@H](c2ccc(Cl)cc2)N1. The van der Waals surface area contributed by atoms with E-state index in [4.69, 9.17) is 32.9 Å². The number of ether oxygens (including phenoxy) is 1. The molecule has 2 atom stereocenters. The molecule has 0 spiro atoms. The van der Waals surface area contributed by atoms with Gasteiger partial charge in [0.15, 0.2) is 0 Å². The minimum absolute atomic E-state index is 0.0153. The highest BCUT2D eigenvalue weighted by molar-refractivity contribution is 6.30. The van der Waals surface area contributed by atoms with Crippen molar-refractivity contribution in [3.63, 3.8) is 0 Å². The molecule has 0 aliphatic carbocycles. The van der Waals surface area contributed by atoms with Crippen molar-refractivity contribution in [3.05, 3.63) is 99.0 Å². The summed E-state index contributed by atoms with van der Waals surface area (Å²) in [5.74, 6) is 1.66. The Labute approximate surface area is 181 Å². The highest BCUT2D eigenvalue weighted by Crippen LogP contribution is 2.39. The summed E-state index contributed by atoms with van der Waals surface area (Å²) in [5.41, 5.74) is 4.36. The van der Waals surface area contributed by atoms with Crippen molar-refractivity contribution in [2.24, 2.45) is 4.99 Å². The molecule has 0 fully saturated rings. The fourth-order valence-corrected chi connectivity index (χ4v) is 3.85. The van der Waals surface area contributed by atoms with E-state index in [2.05, 4.69) is 24.4 Å². The second-order valence-electron chi connectivity index (χ2n) is 7.08. The summed E-state index contributed by atoms with van der Waals surface area (Å²) in [6, 6.07) is 21.8. The molecular formula is C24H22Cl2N2O. The lowest BCUT2D eigenvalue weighted by Crippen LogP contribution is -2.25. The van der Waals surface area contributed by atoms with Gasteiger partial charge in [-0.1, -0.05) is 59.1 Å². The van der Waals surface area contributed by atoms with Gasteiger partial charge < -0.3 is 10.1 Å². The van der Waals surface area contributed by atoms with Crippen molar-refractivity contribution in [3.8, 4) is 5.75 Å². The molecule has 29 heavy (non-hydrogen) atoms. The molecule has 0 aromatic heterocycles. The van der Waals surface area contributed by atoms with Crippen molar-refractivity contribution >= 4 is 29.0 Å². The molecule has 0 amide bonds. The molecule has 1 N–H and O–H groups in total. The average molecular weight is 425 g/mol. The lowest BCUT2D eigenvalue weighted by Gasteiger charge is -2.20. The molecule has 0 saturated heterocycles. The minimum Gasteiger partial charge on any atom is -0.493 e. The van der Waals surface area contributed by atoms with Gasteiger partial charge in [0.1, 0.15) is 17.6 Å². The number of nitrogens with zero attached hydrogens (tertiary/aromatic N) is 1. The van der Waals surface area contributed by atoms with Gasteiger partial charge in [-0.2, -0.15) is 0 Å². The predicted octanol–water partition coefficient (Wildman–Crippen LogP) is 6.53. The van der Waals surface area contributed by atoms with Crippen molar-refractivity contribution in [2.75, 3.05) is 6.61 Å². The lowest BCUT2D eigenvalue weighted by atomic mass is 9.95. The molecule has 3 aromatic rings. The zero-order chi connectivity index (χ0) is 20.4. The number of amidine groups is 1. The van der Waals surface area contributed by atoms with E-state index < -0.39 is 0 Å². The number of aliphatic imine (C=N–C) groups is 1. The van der Waals surface area contributed by atoms with E-state index in [1.807, 2.05) is 61.5 Å². The smallest absolute Gasteiger partial charge is 0.133 e. The van der Waals surface area contributed by atoms with Gasteiger partial charge in [0.05, 0.1) is 18.2 Å². The Hall–Kier alpha value is -2.49. The van der Waals surface area contributed by atoms with Gasteiger partial charge in [-0.15, -0.1) is 0 Å². The second-order valence-corrected chi connectivity index (χ2v) is 7.95. The summed E-state index contributed by atoms with van der Waals surface area (Å²) in [6.07, 6.45) is 0. The quantitative estimate of drug-likeness (QED) is 0.504. The number of hydrogen-bond acceptors (Lipinski definition) is 3. The molecule has 0 bridgehead atoms. The van der Waals surface area contributed by atoms with E-state index in [1.54, 1.807) is 0 Å². The van der Waals surface area contributed by atoms with Crippen LogP contribution in [0.15, 0.2) is 71.7 Å². The van der Waals surface area contributed by atoms with Crippen LogP contribution in [0.2, 0.25) is 10.0 Å². The predicted molar refractivity (Wildman–Crippen MR) is 120 cm³/mol. The van der Waals surface area contributed by atoms with Crippen molar-refractivity contribution in [2.45, 2.75) is 25.9 Å². The van der Waals surface area contributed by atoms with Crippen LogP contribution >= 0.6 is 23.2 Å². The average Bonchev–Trinajstić information content (AvgIpc) is 3.16. The molecule has 0 saturated carbocycles. The summed E-state index contributed by atoms with van der Waals surface area (Å²) in [7, 11) is 0. The van der Waals surface area contributed by atoms with Gasteiger partial charge in [-0.25, -0.2) is 0 Å². The van der Waals surface area contributed by atoms with Gasteiger partial charge >= 0.3 is 0 Å². The highest BCUT2D eigenvalue weighted by atomic mass is 35.5. The van der Waals surface area contributed by atoms with Gasteiger partial charge in [-0.05, 0) is 61.4 Å². The maximum Gasteiger partial charge on any atom is 0.133 e. The van der Waals surface area contributed by atoms with Crippen LogP contribution in [0, 0.1) is 6.92 Å². The van der Waals surface area contributed by atoms with Crippen LogP contribution in [0.4, 0.5) is 0 Å². The summed E-state index contributed by atoms with van der Waals surface area (Å²) in [5, 5.41) is 5.05. The monoisotopic (exact) mass is 424 g/mol. The second kappa shape index (κ2) is 8.48. The molecule has 0 unspecified atom stereocenters. The largest absolute Gasteiger partial charge is 0.493 e. The number of aryl methyl sites for hydroxylation is 1. The van der Waals surface area contributed by atoms with E-state index in [9.17, 15) is 0 Å². The molecule has 3 aromatic carbocycles. The topological polar surface area (TPSA) is 33.6 Å². The molecule has 1 aliphatic rings. The minimum atomic E-state index is -0.0848. The number of benzene rings is 3. The summed E-state index contributed by atoms with van der Waals surface area (Å²) in [4.78, 5) is 5.07. The van der Waals surface area contributed by atoms with E-state index in [0.29, 0.717) is 16.7 Å². The number of halogens is 2. The normalized spacial score (nSPS) is 18.3. The standard InChI is InChI=1S/C24H22Cl2N2O/c1-3-29-21-13-4-15(2)14-20(21)24-27-22(16-5-9-18(25)10-6-16)23(28-24)17-7-11-19(26)12-8-17/h4-14,22-23H,3H2,1-2H3,(H,27,28)/t22-,23+. The van der Waals surface area contributed by atoms with Crippen LogP contribution in [-0.2, 0) is 0 Å². The van der Waals surface area contributed by atoms with Gasteiger partial charge in [0.2, 0.25) is 0 Å². The molecule has 1 aliphatic heterocycles. The van der Waals surface area contributed by atoms with Crippen molar-refractivity contribution in [1.29, 1.82) is 0 Å². The first-order valence-electron chi connectivity index (χ1n) is 9.64. The van der Waals surface area contributed by atoms with E-state index in [0.717, 1.165) is 33.8 Å². The van der Waals surface area contributed by atoms with E-state index >= 15 is 0 Å². The van der Waals surface area contributed by atoms with E-state index in [1.165, 1.54) is 0 Å². The summed E-state index contributed by atoms with van der Waals surface area (Å²) >= 11 is 12.2. The van der Waals surface area contributed by atoms with Crippen molar-refractivity contribution in [1.82, 2.24) is 5.32 Å². The zero-order valence-corrected chi connectivity index (χ0v) is 17.8. The van der Waals surface area contributed by atoms with Gasteiger partial charge in [-0.3, -0.25) is 4.99 Å². The third-order valence-corrected chi connectivity index (χ3v) is 5.51. The van der Waals surface area contributed by atoms with Crippen LogP contribution in [0.3, 0.4) is 0 Å². The first-order chi connectivity index (χ1) is 14.0. The van der Waals surface area contributed by atoms with Crippen LogP contribution in [-0.4, -0.2) is 12.4 Å². The molecule has 1 heterocycles. The van der Waals surface area contributed by atoms with Crippen molar-refractivity contribution < 1.29 is 4.74 Å². The Bertz CT molecular complexity index is 1030. The Morgan fingerprint density at radius 2 is 1.52 bits per heavy atom. The van der Waals surface area contributed by atoms with Crippen LogP contribution in [0.1, 0.15) is 41.3 Å². The number of hydrogen-bond donors (Lipinski definition) is 1. The maximum atomic E-state index is 6.11. The van der Waals surface area contributed by atoms with Crippen LogP contribution in [0.25, 0.3) is 0 Å². The maximum absolute atomic E-state index is 6.11. The Kier molecular flexibility index (Phi) is 5.79. The third-order valence-electron chi connectivity index (χ3n) is 5.01. The number of rotatable bonds is 5. The van der Waals surface area contributed by atoms with Gasteiger partial charge in [0.25, 0.3) is 0 Å². The lowest BCUT2D eigenvalue weighted by molar-refractivity contribution is 0.339. The Morgan fingerprint density at radius 1 is 0.897 bits per heavy atom. The zero-order valence-electron chi connectivity index (χ0n) is 16.3. The molecule has 0 radical (unpaired) electrons. The van der Waals surface area contributed by atoms with Crippen LogP contribution in [0.5, 0.6) is 5.75 Å². The first-order valence-corrected chi connectivity index (χ1v) is 10.4. The molecule has 3 nitrogen and oxygen atoms in total. The highest BCUT2D eigenvalue weighted by Gasteiger charge is 2.32. The summed E-state index contributed by atoms with van der Waals surface area (Å²) in [6.45, 7) is 4.66. The third kappa shape index (κ3) is 4.26. The Balaban J connectivity index is 1.78. The molecular weight excluding hydrogens is 403 g/mol. The fourth-order valence-electron chi connectivity index (χ4n) is 3.60. The van der Waals surface area contributed by atoms with E-state index in [-0.39, 0.29) is 12.1 Å². The fraction of sp³-hybridized carbons (Fsp3) is 0.208. The molecule has 5 heteroatoms. The van der Waals surface area contributed by atoms with Crippen LogP contribution < -0.4 is 10.1 Å². The summed E-state index contributed by atoms with van der Waals surface area (Å²) < 4.78 is 5.86. The molecule has 148 valence electrons. The molecule has 4 rings (SSSR count). The number of nitrogens with one attached hydrogen (secondary N) is 1. The van der Waals surface area contributed by atoms with Gasteiger partial charge in [0, 0.05) is 10.0 Å².